The van der Waals surface area contributed by atoms with E-state index in [0.29, 0.717) is 52.9 Å². The van der Waals surface area contributed by atoms with Crippen LogP contribution in [0.4, 0.5) is 11.5 Å². The average Bonchev–Trinajstić information content (AvgIpc) is 3.17. The Morgan fingerprint density at radius 1 is 1.03 bits per heavy atom. The van der Waals surface area contributed by atoms with E-state index >= 15 is 0 Å². The van der Waals surface area contributed by atoms with Crippen LogP contribution in [0.2, 0.25) is 0 Å². The maximum Gasteiger partial charge on any atom is 0.342 e. The number of anilines is 2. The number of aryl methyl sites for hydroxylation is 1. The number of hydrogen-bond acceptors (Lipinski definition) is 8. The van der Waals surface area contributed by atoms with Gasteiger partial charge in [0.25, 0.3) is 5.91 Å². The predicted molar refractivity (Wildman–Crippen MR) is 146 cm³/mol. The summed E-state index contributed by atoms with van der Waals surface area (Å²) < 4.78 is 21.2. The molecule has 0 unspecified atom stereocenters. The molecule has 9 nitrogen and oxygen atoms in total. The highest BCUT2D eigenvalue weighted by Crippen LogP contribution is 2.42. The summed E-state index contributed by atoms with van der Waals surface area (Å²) in [4.78, 5) is 32.8. The number of fused-ring (bicyclic) bond motifs is 1. The molecule has 1 aliphatic heterocycles. The van der Waals surface area contributed by atoms with Crippen LogP contribution in [0.3, 0.4) is 0 Å². The monoisotopic (exact) mass is 517 g/mol. The Hall–Kier alpha value is -4.53. The fourth-order valence-corrected chi connectivity index (χ4v) is 4.47. The summed E-state index contributed by atoms with van der Waals surface area (Å²) >= 11 is 0. The number of amides is 1. The Morgan fingerprint density at radius 2 is 1.74 bits per heavy atom. The van der Waals surface area contributed by atoms with Gasteiger partial charge < -0.3 is 24.7 Å². The number of nitrogens with zero attached hydrogens (tertiary/aromatic N) is 2. The van der Waals surface area contributed by atoms with Crippen molar-refractivity contribution in [2.24, 2.45) is 0 Å². The first-order valence-electron chi connectivity index (χ1n) is 12.2. The number of pyridine rings is 1. The van der Waals surface area contributed by atoms with E-state index in [-0.39, 0.29) is 23.8 Å². The van der Waals surface area contributed by atoms with E-state index in [1.807, 2.05) is 42.5 Å². The largest absolute Gasteiger partial charge is 0.497 e. The second-order valence-corrected chi connectivity index (χ2v) is 8.63. The standard InChI is InChI=1S/C29H31N3O6/c1-6-38-29(34)24-17(2)31-27-25(26(24)30)21(15-18-7-10-20(35-3)11-8-18)28(33)32(27)14-13-19-9-12-22(36-4)23(16-19)37-5/h7-12,15-16H,6,13-14H2,1-5H3,(H2,30,31)/b21-15-. The smallest absolute Gasteiger partial charge is 0.342 e. The molecule has 0 fully saturated rings. The lowest BCUT2D eigenvalue weighted by atomic mass is 10.00. The van der Waals surface area contributed by atoms with E-state index in [2.05, 4.69) is 4.98 Å². The van der Waals surface area contributed by atoms with E-state index in [1.165, 1.54) is 0 Å². The lowest BCUT2D eigenvalue weighted by Gasteiger charge is -2.18. The maximum atomic E-state index is 13.8. The molecule has 4 rings (SSSR count). The summed E-state index contributed by atoms with van der Waals surface area (Å²) in [7, 11) is 4.75. The van der Waals surface area contributed by atoms with Crippen molar-refractivity contribution in [1.82, 2.24) is 4.98 Å². The van der Waals surface area contributed by atoms with Crippen molar-refractivity contribution in [3.05, 3.63) is 70.4 Å². The number of carbonyl (C=O) groups excluding carboxylic acids is 2. The molecule has 198 valence electrons. The highest BCUT2D eigenvalue weighted by Gasteiger charge is 2.38. The summed E-state index contributed by atoms with van der Waals surface area (Å²) in [5.41, 5.74) is 9.80. The topological polar surface area (TPSA) is 113 Å². The van der Waals surface area contributed by atoms with Gasteiger partial charge in [-0.05, 0) is 61.7 Å². The lowest BCUT2D eigenvalue weighted by molar-refractivity contribution is -0.113. The van der Waals surface area contributed by atoms with Crippen LogP contribution in [0.15, 0.2) is 42.5 Å². The van der Waals surface area contributed by atoms with E-state index in [9.17, 15) is 9.59 Å². The zero-order chi connectivity index (χ0) is 27.4. The van der Waals surface area contributed by atoms with E-state index in [4.69, 9.17) is 24.7 Å². The molecule has 1 amide bonds. The van der Waals surface area contributed by atoms with Gasteiger partial charge in [-0.3, -0.25) is 9.69 Å². The molecule has 2 N–H and O–H groups in total. The summed E-state index contributed by atoms with van der Waals surface area (Å²) in [6, 6.07) is 12.9. The molecule has 1 aliphatic rings. The van der Waals surface area contributed by atoms with Gasteiger partial charge in [-0.25, -0.2) is 9.78 Å². The number of ether oxygens (including phenoxy) is 4. The van der Waals surface area contributed by atoms with Gasteiger partial charge in [0, 0.05) is 6.54 Å². The minimum absolute atomic E-state index is 0.167. The number of aromatic nitrogens is 1. The number of nitrogens with two attached hydrogens (primary N) is 1. The zero-order valence-electron chi connectivity index (χ0n) is 22.2. The number of esters is 1. The van der Waals surface area contributed by atoms with Crippen molar-refractivity contribution < 1.29 is 28.5 Å². The van der Waals surface area contributed by atoms with E-state index in [1.54, 1.807) is 46.2 Å². The molecule has 2 aromatic carbocycles. The van der Waals surface area contributed by atoms with Crippen molar-refractivity contribution in [3.63, 3.8) is 0 Å². The average molecular weight is 518 g/mol. The third-order valence-electron chi connectivity index (χ3n) is 6.38. The fourth-order valence-electron chi connectivity index (χ4n) is 4.47. The van der Waals surface area contributed by atoms with Gasteiger partial charge in [0.1, 0.15) is 17.1 Å². The molecule has 0 bridgehead atoms. The van der Waals surface area contributed by atoms with Crippen LogP contribution >= 0.6 is 0 Å². The summed E-state index contributed by atoms with van der Waals surface area (Å²) in [6.07, 6.45) is 2.28. The van der Waals surface area contributed by atoms with Crippen LogP contribution < -0.4 is 24.8 Å². The van der Waals surface area contributed by atoms with Crippen LogP contribution in [0.1, 0.15) is 39.7 Å². The number of rotatable bonds is 9. The fraction of sp³-hybridized carbons (Fsp3) is 0.276. The first-order chi connectivity index (χ1) is 18.3. The second kappa shape index (κ2) is 11.2. The van der Waals surface area contributed by atoms with Gasteiger partial charge >= 0.3 is 5.97 Å². The Bertz CT molecular complexity index is 1400. The number of nitrogen functional groups attached to an aromatic ring is 1. The zero-order valence-corrected chi connectivity index (χ0v) is 22.2. The molecule has 3 aromatic rings. The molecular formula is C29H31N3O6. The summed E-state index contributed by atoms with van der Waals surface area (Å²) in [5.74, 6) is 1.52. The van der Waals surface area contributed by atoms with Gasteiger partial charge in [-0.1, -0.05) is 18.2 Å². The number of benzene rings is 2. The van der Waals surface area contributed by atoms with Crippen LogP contribution in [0.5, 0.6) is 17.2 Å². The Morgan fingerprint density at radius 3 is 2.37 bits per heavy atom. The minimum atomic E-state index is -0.571. The molecule has 0 radical (unpaired) electrons. The Balaban J connectivity index is 1.77. The SMILES string of the molecule is CCOC(=O)c1c(C)nc2c(c1N)/C(=C/c1ccc(OC)cc1)C(=O)N2CCc1ccc(OC)c(OC)c1. The van der Waals surface area contributed by atoms with Gasteiger partial charge in [0.05, 0.1) is 50.5 Å². The third-order valence-corrected chi connectivity index (χ3v) is 6.38. The molecule has 9 heteroatoms. The van der Waals surface area contributed by atoms with Gasteiger partial charge in [-0.15, -0.1) is 0 Å². The molecule has 2 heterocycles. The van der Waals surface area contributed by atoms with E-state index < -0.39 is 5.97 Å². The first-order valence-corrected chi connectivity index (χ1v) is 12.2. The number of hydrogen-bond donors (Lipinski definition) is 1. The number of carbonyl (C=O) groups is 2. The second-order valence-electron chi connectivity index (χ2n) is 8.63. The Kier molecular flexibility index (Phi) is 7.85. The van der Waals surface area contributed by atoms with Crippen molar-refractivity contribution in [2.45, 2.75) is 20.3 Å². The van der Waals surface area contributed by atoms with Crippen molar-refractivity contribution in [2.75, 3.05) is 45.1 Å². The van der Waals surface area contributed by atoms with Gasteiger partial charge in [0.2, 0.25) is 0 Å². The third kappa shape index (κ3) is 5.00. The van der Waals surface area contributed by atoms with Crippen molar-refractivity contribution in [1.29, 1.82) is 0 Å². The highest BCUT2D eigenvalue weighted by molar-refractivity contribution is 6.37. The molecule has 38 heavy (non-hydrogen) atoms. The van der Waals surface area contributed by atoms with Crippen LogP contribution in [-0.4, -0.2) is 51.3 Å². The molecule has 0 spiro atoms. The quantitative estimate of drug-likeness (QED) is 0.330. The summed E-state index contributed by atoms with van der Waals surface area (Å²) in [5, 5.41) is 0. The van der Waals surface area contributed by atoms with Crippen molar-refractivity contribution in [3.8, 4) is 17.2 Å². The van der Waals surface area contributed by atoms with Crippen LogP contribution in [0, 0.1) is 6.92 Å². The molecule has 0 saturated carbocycles. The molecule has 1 aromatic heterocycles. The van der Waals surface area contributed by atoms with Crippen molar-refractivity contribution >= 4 is 35.0 Å². The van der Waals surface area contributed by atoms with Crippen LogP contribution in [0.25, 0.3) is 11.6 Å². The summed E-state index contributed by atoms with van der Waals surface area (Å²) in [6.45, 7) is 3.94. The molecule has 0 aliphatic carbocycles. The lowest BCUT2D eigenvalue weighted by Crippen LogP contribution is -2.29. The molecule has 0 saturated heterocycles. The highest BCUT2D eigenvalue weighted by atomic mass is 16.5. The van der Waals surface area contributed by atoms with Gasteiger partial charge in [0.15, 0.2) is 11.5 Å². The predicted octanol–water partition coefficient (Wildman–Crippen LogP) is 4.30. The van der Waals surface area contributed by atoms with Gasteiger partial charge in [-0.2, -0.15) is 0 Å². The normalized spacial score (nSPS) is 13.4. The van der Waals surface area contributed by atoms with Crippen LogP contribution in [-0.2, 0) is 16.0 Å². The maximum absolute atomic E-state index is 13.8. The molecular weight excluding hydrogens is 486 g/mol. The molecule has 0 atom stereocenters. The minimum Gasteiger partial charge on any atom is -0.497 e. The first kappa shape index (κ1) is 26.5. The van der Waals surface area contributed by atoms with E-state index in [0.717, 1.165) is 11.1 Å². The Labute approximate surface area is 221 Å². The number of methoxy groups -OCH3 is 3.